The zero-order valence-electron chi connectivity index (χ0n) is 14.0. The Bertz CT molecular complexity index is 626. The van der Waals surface area contributed by atoms with Crippen molar-refractivity contribution in [1.82, 2.24) is 0 Å². The van der Waals surface area contributed by atoms with E-state index in [2.05, 4.69) is 36.6 Å². The van der Waals surface area contributed by atoms with Crippen LogP contribution in [0.3, 0.4) is 0 Å². The number of carbonyl (C=O) groups is 1. The summed E-state index contributed by atoms with van der Waals surface area (Å²) in [7, 11) is 1.60. The minimum Gasteiger partial charge on any atom is -0.495 e. The summed E-state index contributed by atoms with van der Waals surface area (Å²) in [6.07, 6.45) is 0. The number of quaternary nitrogens is 1. The van der Waals surface area contributed by atoms with E-state index < -0.39 is 0 Å². The van der Waals surface area contributed by atoms with Gasteiger partial charge in [0, 0.05) is 11.5 Å². The maximum Gasteiger partial charge on any atom is 0.279 e. The first-order chi connectivity index (χ1) is 11.1. The Balaban J connectivity index is 1.97. The molecule has 0 aromatic heterocycles. The molecule has 4 nitrogen and oxygen atoms in total. The number of carbonyl (C=O) groups excluding carboxylic acids is 1. The van der Waals surface area contributed by atoms with Crippen molar-refractivity contribution in [2.75, 3.05) is 19.0 Å². The third-order valence-corrected chi connectivity index (χ3v) is 3.84. The van der Waals surface area contributed by atoms with Gasteiger partial charge in [-0.05, 0) is 12.1 Å². The highest BCUT2D eigenvalue weighted by atomic mass is 16.5. The Hall–Kier alpha value is -2.33. The SMILES string of the molecule is COc1ccccc1NC(=O)C[NH2+][C@H](c1ccccc1)C(C)C. The van der Waals surface area contributed by atoms with Crippen molar-refractivity contribution in [3.8, 4) is 5.75 Å². The van der Waals surface area contributed by atoms with Crippen LogP contribution in [0.25, 0.3) is 0 Å². The number of anilines is 1. The standard InChI is InChI=1S/C19H24N2O2/c1-14(2)19(15-9-5-4-6-10-15)20-13-18(22)21-16-11-7-8-12-17(16)23-3/h4-12,14,19-20H,13H2,1-3H3,(H,21,22)/p+1/t19-/m0/s1. The van der Waals surface area contributed by atoms with Crippen molar-refractivity contribution in [2.24, 2.45) is 5.92 Å². The maximum absolute atomic E-state index is 12.2. The largest absolute Gasteiger partial charge is 0.495 e. The van der Waals surface area contributed by atoms with Gasteiger partial charge in [0.15, 0.2) is 6.54 Å². The van der Waals surface area contributed by atoms with E-state index in [1.165, 1.54) is 5.56 Å². The zero-order valence-corrected chi connectivity index (χ0v) is 14.0. The molecule has 23 heavy (non-hydrogen) atoms. The van der Waals surface area contributed by atoms with E-state index in [1.54, 1.807) is 7.11 Å². The van der Waals surface area contributed by atoms with Crippen molar-refractivity contribution in [3.63, 3.8) is 0 Å². The van der Waals surface area contributed by atoms with Crippen molar-refractivity contribution < 1.29 is 14.8 Å². The fraction of sp³-hybridized carbons (Fsp3) is 0.316. The second kappa shape index (κ2) is 8.34. The van der Waals surface area contributed by atoms with Crippen molar-refractivity contribution in [3.05, 3.63) is 60.2 Å². The van der Waals surface area contributed by atoms with Crippen LogP contribution in [0.15, 0.2) is 54.6 Å². The summed E-state index contributed by atoms with van der Waals surface area (Å²) >= 11 is 0. The Morgan fingerprint density at radius 1 is 1.09 bits per heavy atom. The summed E-state index contributed by atoms with van der Waals surface area (Å²) in [5, 5.41) is 5.00. The van der Waals surface area contributed by atoms with Crippen molar-refractivity contribution >= 4 is 11.6 Å². The van der Waals surface area contributed by atoms with Crippen LogP contribution in [0, 0.1) is 5.92 Å². The number of benzene rings is 2. The third kappa shape index (κ3) is 4.83. The molecule has 0 unspecified atom stereocenters. The van der Waals surface area contributed by atoms with E-state index in [-0.39, 0.29) is 11.9 Å². The van der Waals surface area contributed by atoms with Gasteiger partial charge in [-0.15, -0.1) is 0 Å². The van der Waals surface area contributed by atoms with Gasteiger partial charge < -0.3 is 15.4 Å². The van der Waals surface area contributed by atoms with Gasteiger partial charge in [0.25, 0.3) is 5.91 Å². The molecule has 1 amide bonds. The number of para-hydroxylation sites is 2. The van der Waals surface area contributed by atoms with Crippen LogP contribution in [-0.2, 0) is 4.79 Å². The van der Waals surface area contributed by atoms with Gasteiger partial charge in [-0.2, -0.15) is 0 Å². The summed E-state index contributed by atoms with van der Waals surface area (Å²) in [4.78, 5) is 12.2. The van der Waals surface area contributed by atoms with E-state index >= 15 is 0 Å². The van der Waals surface area contributed by atoms with Crippen molar-refractivity contribution in [1.29, 1.82) is 0 Å². The molecule has 0 radical (unpaired) electrons. The first kappa shape index (κ1) is 17.0. The molecule has 0 saturated heterocycles. The normalized spacial score (nSPS) is 12.0. The third-order valence-electron chi connectivity index (χ3n) is 3.84. The van der Waals surface area contributed by atoms with Gasteiger partial charge in [-0.25, -0.2) is 0 Å². The molecule has 0 spiro atoms. The number of nitrogens with two attached hydrogens (primary N) is 1. The molecule has 0 heterocycles. The van der Waals surface area contributed by atoms with E-state index in [0.717, 1.165) is 0 Å². The zero-order chi connectivity index (χ0) is 16.7. The van der Waals surface area contributed by atoms with Gasteiger partial charge in [0.2, 0.25) is 0 Å². The summed E-state index contributed by atoms with van der Waals surface area (Å²) in [6.45, 7) is 4.72. The number of hydrogen-bond donors (Lipinski definition) is 2. The number of hydrogen-bond acceptors (Lipinski definition) is 2. The van der Waals surface area contributed by atoms with E-state index in [1.807, 2.05) is 42.5 Å². The molecule has 0 aliphatic rings. The fourth-order valence-electron chi connectivity index (χ4n) is 2.65. The first-order valence-corrected chi connectivity index (χ1v) is 7.93. The smallest absolute Gasteiger partial charge is 0.279 e. The lowest BCUT2D eigenvalue weighted by Crippen LogP contribution is -2.88. The number of nitrogens with one attached hydrogen (secondary N) is 1. The number of rotatable bonds is 7. The summed E-state index contributed by atoms with van der Waals surface area (Å²) in [5.41, 5.74) is 1.95. The molecular formula is C19H25N2O2+. The number of ether oxygens (including phenoxy) is 1. The molecule has 0 fully saturated rings. The molecule has 0 saturated carbocycles. The molecule has 3 N–H and O–H groups in total. The van der Waals surface area contributed by atoms with Crippen LogP contribution in [0.4, 0.5) is 5.69 Å². The van der Waals surface area contributed by atoms with Gasteiger partial charge in [0.05, 0.1) is 12.8 Å². The van der Waals surface area contributed by atoms with Crippen molar-refractivity contribution in [2.45, 2.75) is 19.9 Å². The van der Waals surface area contributed by atoms with Crippen LogP contribution in [0.5, 0.6) is 5.75 Å². The van der Waals surface area contributed by atoms with Crippen LogP contribution >= 0.6 is 0 Å². The second-order valence-electron chi connectivity index (χ2n) is 5.87. The predicted octanol–water partition coefficient (Wildman–Crippen LogP) is 2.59. The summed E-state index contributed by atoms with van der Waals surface area (Å²) < 4.78 is 5.25. The Morgan fingerprint density at radius 3 is 2.39 bits per heavy atom. The highest BCUT2D eigenvalue weighted by molar-refractivity contribution is 5.92. The minimum absolute atomic E-state index is 0.0314. The first-order valence-electron chi connectivity index (χ1n) is 7.93. The highest BCUT2D eigenvalue weighted by Crippen LogP contribution is 2.22. The monoisotopic (exact) mass is 313 g/mol. The Morgan fingerprint density at radius 2 is 1.74 bits per heavy atom. The lowest BCUT2D eigenvalue weighted by molar-refractivity contribution is -0.692. The lowest BCUT2D eigenvalue weighted by atomic mass is 9.96. The second-order valence-corrected chi connectivity index (χ2v) is 5.87. The van der Waals surface area contributed by atoms with Gasteiger partial charge in [-0.1, -0.05) is 56.3 Å². The molecule has 122 valence electrons. The van der Waals surface area contributed by atoms with E-state index in [4.69, 9.17) is 4.74 Å². The molecule has 0 aliphatic carbocycles. The Labute approximate surface area is 137 Å². The predicted molar refractivity (Wildman–Crippen MR) is 92.4 cm³/mol. The molecule has 1 atom stereocenters. The highest BCUT2D eigenvalue weighted by Gasteiger charge is 2.20. The van der Waals surface area contributed by atoms with Crippen LogP contribution < -0.4 is 15.4 Å². The fourth-order valence-corrected chi connectivity index (χ4v) is 2.65. The lowest BCUT2D eigenvalue weighted by Gasteiger charge is -2.19. The molecule has 0 bridgehead atoms. The van der Waals surface area contributed by atoms with Crippen LogP contribution in [-0.4, -0.2) is 19.6 Å². The summed E-state index contributed by atoms with van der Waals surface area (Å²) in [5.74, 6) is 1.08. The molecular weight excluding hydrogens is 288 g/mol. The van der Waals surface area contributed by atoms with E-state index in [0.29, 0.717) is 23.9 Å². The topological polar surface area (TPSA) is 54.9 Å². The molecule has 2 rings (SSSR count). The van der Waals surface area contributed by atoms with Gasteiger partial charge >= 0.3 is 0 Å². The molecule has 2 aromatic carbocycles. The molecule has 2 aromatic rings. The maximum atomic E-state index is 12.2. The summed E-state index contributed by atoms with van der Waals surface area (Å²) in [6, 6.07) is 18.0. The number of amides is 1. The average Bonchev–Trinajstić information content (AvgIpc) is 2.56. The number of methoxy groups -OCH3 is 1. The molecule has 0 aliphatic heterocycles. The average molecular weight is 313 g/mol. The molecule has 4 heteroatoms. The van der Waals surface area contributed by atoms with Gasteiger partial charge in [0.1, 0.15) is 11.8 Å². The Kier molecular flexibility index (Phi) is 6.18. The van der Waals surface area contributed by atoms with Gasteiger partial charge in [-0.3, -0.25) is 4.79 Å². The quantitative estimate of drug-likeness (QED) is 0.825. The van der Waals surface area contributed by atoms with Crippen LogP contribution in [0.1, 0.15) is 25.5 Å². The minimum atomic E-state index is -0.0314. The van der Waals surface area contributed by atoms with E-state index in [9.17, 15) is 4.79 Å². The van der Waals surface area contributed by atoms with Crippen LogP contribution in [0.2, 0.25) is 0 Å².